The smallest absolute Gasteiger partial charge is 0.290 e. The number of nitrogens with one attached hydrogen (secondary N) is 1. The minimum atomic E-state index is -0.460. The molecule has 1 unspecified atom stereocenters. The van der Waals surface area contributed by atoms with Crippen LogP contribution in [0.2, 0.25) is 0 Å². The van der Waals surface area contributed by atoms with Crippen LogP contribution in [0.5, 0.6) is 5.75 Å². The molecule has 4 aromatic rings. The van der Waals surface area contributed by atoms with Crippen LogP contribution in [0, 0.1) is 11.7 Å². The number of ether oxygens (including phenoxy) is 1. The minimum absolute atomic E-state index is 0.0203. The summed E-state index contributed by atoms with van der Waals surface area (Å²) in [5.74, 6) is 0.477. The van der Waals surface area contributed by atoms with Crippen LogP contribution in [0.4, 0.5) is 4.39 Å². The van der Waals surface area contributed by atoms with Crippen LogP contribution in [-0.2, 0) is 13.0 Å². The molecule has 3 heterocycles. The highest BCUT2D eigenvalue weighted by molar-refractivity contribution is 5.92. The second kappa shape index (κ2) is 10.9. The first-order valence-corrected chi connectivity index (χ1v) is 12.5. The Morgan fingerprint density at radius 1 is 1.16 bits per heavy atom. The second-order valence-corrected chi connectivity index (χ2v) is 9.56. The van der Waals surface area contributed by atoms with Gasteiger partial charge in [-0.1, -0.05) is 32.0 Å². The van der Waals surface area contributed by atoms with E-state index in [0.717, 1.165) is 16.7 Å². The molecule has 5 rings (SSSR count). The van der Waals surface area contributed by atoms with Gasteiger partial charge in [-0.3, -0.25) is 9.59 Å². The Labute approximate surface area is 219 Å². The standard InChI is InChI=1S/C29H28FN3O5/c1-18(2)15-31-28(34)24-16-38-26(32-24)17-37-22-10-7-19-11-12-33(29(35)25-4-3-13-36-25)27(23(19)14-22)20-5-8-21(30)9-6-20/h3-10,13-14,16,18,27H,11-12,15,17H2,1-2H3,(H,31,34). The number of aromatic nitrogens is 1. The Kier molecular flexibility index (Phi) is 7.26. The fraction of sp³-hybridized carbons (Fsp3) is 0.276. The normalized spacial score (nSPS) is 14.8. The monoisotopic (exact) mass is 517 g/mol. The molecule has 0 fully saturated rings. The van der Waals surface area contributed by atoms with Gasteiger partial charge in [0, 0.05) is 13.1 Å². The lowest BCUT2D eigenvalue weighted by atomic mass is 9.87. The average Bonchev–Trinajstić information content (AvgIpc) is 3.63. The molecule has 0 saturated carbocycles. The number of hydrogen-bond acceptors (Lipinski definition) is 6. The van der Waals surface area contributed by atoms with Crippen molar-refractivity contribution in [3.8, 4) is 5.75 Å². The Morgan fingerprint density at radius 3 is 2.71 bits per heavy atom. The third kappa shape index (κ3) is 5.46. The third-order valence-electron chi connectivity index (χ3n) is 6.34. The van der Waals surface area contributed by atoms with Gasteiger partial charge in [-0.15, -0.1) is 0 Å². The molecule has 2 amide bonds. The van der Waals surface area contributed by atoms with Gasteiger partial charge in [0.15, 0.2) is 18.1 Å². The van der Waals surface area contributed by atoms with Crippen molar-refractivity contribution >= 4 is 11.8 Å². The van der Waals surface area contributed by atoms with Crippen molar-refractivity contribution in [1.82, 2.24) is 15.2 Å². The molecule has 0 aliphatic carbocycles. The van der Waals surface area contributed by atoms with Crippen LogP contribution in [0.3, 0.4) is 0 Å². The van der Waals surface area contributed by atoms with Gasteiger partial charge in [-0.2, -0.15) is 0 Å². The van der Waals surface area contributed by atoms with Crippen LogP contribution in [0.1, 0.15) is 63.5 Å². The molecule has 0 bridgehead atoms. The van der Waals surface area contributed by atoms with Crippen LogP contribution in [-0.4, -0.2) is 34.8 Å². The molecule has 1 N–H and O–H groups in total. The lowest BCUT2D eigenvalue weighted by Gasteiger charge is -2.37. The van der Waals surface area contributed by atoms with E-state index in [1.165, 1.54) is 24.7 Å². The molecule has 196 valence electrons. The number of carbonyl (C=O) groups excluding carboxylic acids is 2. The van der Waals surface area contributed by atoms with E-state index in [9.17, 15) is 14.0 Å². The molecule has 2 aromatic carbocycles. The highest BCUT2D eigenvalue weighted by Gasteiger charge is 2.34. The van der Waals surface area contributed by atoms with Gasteiger partial charge in [0.05, 0.1) is 12.3 Å². The van der Waals surface area contributed by atoms with E-state index in [0.29, 0.717) is 31.2 Å². The van der Waals surface area contributed by atoms with Gasteiger partial charge < -0.3 is 23.8 Å². The second-order valence-electron chi connectivity index (χ2n) is 9.56. The number of halogens is 1. The Bertz CT molecular complexity index is 1410. The topological polar surface area (TPSA) is 97.8 Å². The summed E-state index contributed by atoms with van der Waals surface area (Å²) in [6, 6.07) is 14.7. The predicted molar refractivity (Wildman–Crippen MR) is 136 cm³/mol. The number of furan rings is 1. The molecule has 1 atom stereocenters. The van der Waals surface area contributed by atoms with Crippen molar-refractivity contribution in [2.45, 2.75) is 32.9 Å². The molecule has 8 nitrogen and oxygen atoms in total. The zero-order valence-corrected chi connectivity index (χ0v) is 21.1. The Hall–Kier alpha value is -4.40. The van der Waals surface area contributed by atoms with E-state index < -0.39 is 6.04 Å². The highest BCUT2D eigenvalue weighted by atomic mass is 19.1. The number of hydrogen-bond donors (Lipinski definition) is 1. The maximum Gasteiger partial charge on any atom is 0.290 e. The summed E-state index contributed by atoms with van der Waals surface area (Å²) in [5.41, 5.74) is 2.91. The molecule has 9 heteroatoms. The molecule has 38 heavy (non-hydrogen) atoms. The lowest BCUT2D eigenvalue weighted by Crippen LogP contribution is -2.40. The minimum Gasteiger partial charge on any atom is -0.484 e. The molecule has 1 aliphatic heterocycles. The lowest BCUT2D eigenvalue weighted by molar-refractivity contribution is 0.0661. The van der Waals surface area contributed by atoms with Gasteiger partial charge >= 0.3 is 0 Å². The summed E-state index contributed by atoms with van der Waals surface area (Å²) in [7, 11) is 0. The molecule has 2 aromatic heterocycles. The zero-order chi connectivity index (χ0) is 26.6. The number of fused-ring (bicyclic) bond motifs is 1. The molecule has 0 radical (unpaired) electrons. The molecular formula is C29H28FN3O5. The van der Waals surface area contributed by atoms with Gasteiger partial charge in [-0.25, -0.2) is 9.37 Å². The zero-order valence-electron chi connectivity index (χ0n) is 21.1. The first kappa shape index (κ1) is 25.3. The maximum absolute atomic E-state index is 13.7. The number of amides is 2. The van der Waals surface area contributed by atoms with Crippen molar-refractivity contribution in [2.75, 3.05) is 13.1 Å². The van der Waals surface area contributed by atoms with Crippen molar-refractivity contribution in [2.24, 2.45) is 5.92 Å². The van der Waals surface area contributed by atoms with E-state index in [1.807, 2.05) is 32.0 Å². The van der Waals surface area contributed by atoms with Crippen molar-refractivity contribution in [3.05, 3.63) is 107 Å². The van der Waals surface area contributed by atoms with E-state index >= 15 is 0 Å². The maximum atomic E-state index is 13.7. The summed E-state index contributed by atoms with van der Waals surface area (Å²) in [6.45, 7) is 5.06. The van der Waals surface area contributed by atoms with Gasteiger partial charge in [0.25, 0.3) is 11.8 Å². The summed E-state index contributed by atoms with van der Waals surface area (Å²) in [6.07, 6.45) is 3.42. The quantitative estimate of drug-likeness (QED) is 0.347. The molecule has 0 saturated heterocycles. The SMILES string of the molecule is CC(C)CNC(=O)c1coc(COc2ccc3c(c2)C(c2ccc(F)cc2)N(C(=O)c2ccco2)CC3)n1. The van der Waals surface area contributed by atoms with Crippen LogP contribution >= 0.6 is 0 Å². The van der Waals surface area contributed by atoms with Crippen LogP contribution in [0.15, 0.2) is 76.0 Å². The molecule has 0 spiro atoms. The summed E-state index contributed by atoms with van der Waals surface area (Å²) < 4.78 is 30.5. The number of benzene rings is 2. The van der Waals surface area contributed by atoms with Crippen molar-refractivity contribution in [3.63, 3.8) is 0 Å². The fourth-order valence-corrected chi connectivity index (χ4v) is 4.46. The van der Waals surface area contributed by atoms with Crippen LogP contribution < -0.4 is 10.1 Å². The number of carbonyl (C=O) groups is 2. The van der Waals surface area contributed by atoms with E-state index in [-0.39, 0.29) is 41.6 Å². The van der Waals surface area contributed by atoms with Crippen LogP contribution in [0.25, 0.3) is 0 Å². The van der Waals surface area contributed by atoms with Gasteiger partial charge in [0.2, 0.25) is 5.89 Å². The number of rotatable bonds is 8. The Morgan fingerprint density at radius 2 is 1.97 bits per heavy atom. The van der Waals surface area contributed by atoms with E-state index in [2.05, 4.69) is 10.3 Å². The van der Waals surface area contributed by atoms with Gasteiger partial charge in [0.1, 0.15) is 17.8 Å². The predicted octanol–water partition coefficient (Wildman–Crippen LogP) is 5.16. The average molecular weight is 518 g/mol. The molecule has 1 aliphatic rings. The fourth-order valence-electron chi connectivity index (χ4n) is 4.46. The first-order chi connectivity index (χ1) is 18.4. The first-order valence-electron chi connectivity index (χ1n) is 12.5. The number of oxazole rings is 1. The summed E-state index contributed by atoms with van der Waals surface area (Å²) in [4.78, 5) is 31.5. The molecular weight excluding hydrogens is 489 g/mol. The van der Waals surface area contributed by atoms with E-state index in [4.69, 9.17) is 13.6 Å². The van der Waals surface area contributed by atoms with Gasteiger partial charge in [-0.05, 0) is 65.4 Å². The third-order valence-corrected chi connectivity index (χ3v) is 6.34. The number of nitrogens with zero attached hydrogens (tertiary/aromatic N) is 2. The van der Waals surface area contributed by atoms with Crippen molar-refractivity contribution in [1.29, 1.82) is 0 Å². The van der Waals surface area contributed by atoms with E-state index in [1.54, 1.807) is 29.2 Å². The summed E-state index contributed by atoms with van der Waals surface area (Å²) in [5, 5.41) is 2.80. The largest absolute Gasteiger partial charge is 0.484 e. The summed E-state index contributed by atoms with van der Waals surface area (Å²) >= 11 is 0. The Balaban J connectivity index is 1.38. The highest BCUT2D eigenvalue weighted by Crippen LogP contribution is 2.38. The van der Waals surface area contributed by atoms with Crippen molar-refractivity contribution < 1.29 is 27.6 Å².